The van der Waals surface area contributed by atoms with Crippen molar-refractivity contribution in [2.45, 2.75) is 26.3 Å². The molecule has 0 aromatic carbocycles. The summed E-state index contributed by atoms with van der Waals surface area (Å²) >= 11 is 5.65. The lowest BCUT2D eigenvalue weighted by Crippen LogP contribution is -2.32. The van der Waals surface area contributed by atoms with Crippen molar-refractivity contribution in [3.8, 4) is 0 Å². The molecule has 0 amide bonds. The van der Waals surface area contributed by atoms with E-state index < -0.39 is 0 Å². The number of rotatable bonds is 0. The van der Waals surface area contributed by atoms with Gasteiger partial charge in [0.2, 0.25) is 0 Å². The fourth-order valence-electron chi connectivity index (χ4n) is 1.01. The predicted molar refractivity (Wildman–Crippen MR) is 50.7 cm³/mol. The second-order valence-corrected chi connectivity index (χ2v) is 4.16. The van der Waals surface area contributed by atoms with Crippen LogP contribution in [0.4, 0.5) is 0 Å². The Morgan fingerprint density at radius 3 is 2.42 bits per heavy atom. The minimum atomic E-state index is -0.179. The molecular formula is C9H12ClNO. The zero-order chi connectivity index (χ0) is 9.35. The highest BCUT2D eigenvalue weighted by Gasteiger charge is 2.13. The lowest BCUT2D eigenvalue weighted by Gasteiger charge is -2.21. The minimum absolute atomic E-state index is 0.0602. The first-order valence-corrected chi connectivity index (χ1v) is 4.18. The third kappa shape index (κ3) is 1.89. The molecule has 0 aliphatic rings. The van der Waals surface area contributed by atoms with E-state index in [4.69, 9.17) is 11.6 Å². The van der Waals surface area contributed by atoms with Gasteiger partial charge in [-0.25, -0.2) is 0 Å². The van der Waals surface area contributed by atoms with Crippen molar-refractivity contribution in [3.05, 3.63) is 33.7 Å². The summed E-state index contributed by atoms with van der Waals surface area (Å²) in [5.74, 6) is 0. The molecule has 2 nitrogen and oxygen atoms in total. The fraction of sp³-hybridized carbons (Fsp3) is 0.444. The van der Waals surface area contributed by atoms with Gasteiger partial charge in [-0.1, -0.05) is 11.6 Å². The smallest absolute Gasteiger partial charge is 0.252 e. The number of pyridine rings is 1. The van der Waals surface area contributed by atoms with E-state index in [1.54, 1.807) is 16.8 Å². The zero-order valence-corrected chi connectivity index (χ0v) is 8.22. The molecule has 0 aliphatic carbocycles. The van der Waals surface area contributed by atoms with Gasteiger partial charge in [0.1, 0.15) is 0 Å². The van der Waals surface area contributed by atoms with Crippen LogP contribution in [0.5, 0.6) is 0 Å². The molecule has 0 atom stereocenters. The first-order chi connectivity index (χ1) is 5.41. The quantitative estimate of drug-likeness (QED) is 0.608. The molecular weight excluding hydrogens is 174 g/mol. The highest BCUT2D eigenvalue weighted by molar-refractivity contribution is 6.30. The molecule has 0 radical (unpaired) electrons. The van der Waals surface area contributed by atoms with Crippen LogP contribution in [-0.4, -0.2) is 4.57 Å². The van der Waals surface area contributed by atoms with Crippen molar-refractivity contribution < 1.29 is 0 Å². The molecule has 1 aromatic rings. The molecule has 0 spiro atoms. The maximum atomic E-state index is 11.4. The third-order valence-corrected chi connectivity index (χ3v) is 1.84. The molecule has 66 valence electrons. The van der Waals surface area contributed by atoms with Gasteiger partial charge in [0.25, 0.3) is 5.56 Å². The number of nitrogens with zero attached hydrogens (tertiary/aromatic N) is 1. The Bertz CT molecular complexity index is 335. The van der Waals surface area contributed by atoms with Gasteiger partial charge in [-0.15, -0.1) is 0 Å². The highest BCUT2D eigenvalue weighted by Crippen LogP contribution is 2.11. The monoisotopic (exact) mass is 185 g/mol. The van der Waals surface area contributed by atoms with Gasteiger partial charge in [0, 0.05) is 22.8 Å². The summed E-state index contributed by atoms with van der Waals surface area (Å²) in [6, 6.07) is 3.14. The summed E-state index contributed by atoms with van der Waals surface area (Å²) in [6.07, 6.45) is 1.71. The van der Waals surface area contributed by atoms with Gasteiger partial charge in [-0.05, 0) is 26.8 Å². The number of aromatic nitrogens is 1. The topological polar surface area (TPSA) is 22.0 Å². The van der Waals surface area contributed by atoms with E-state index in [9.17, 15) is 4.79 Å². The summed E-state index contributed by atoms with van der Waals surface area (Å²) in [7, 11) is 0. The lowest BCUT2D eigenvalue weighted by molar-refractivity contribution is 0.384. The maximum absolute atomic E-state index is 11.4. The largest absolute Gasteiger partial charge is 0.310 e. The second kappa shape index (κ2) is 2.94. The first-order valence-electron chi connectivity index (χ1n) is 3.80. The molecule has 0 saturated heterocycles. The Kier molecular flexibility index (Phi) is 2.29. The van der Waals surface area contributed by atoms with Gasteiger partial charge >= 0.3 is 0 Å². The summed E-state index contributed by atoms with van der Waals surface area (Å²) < 4.78 is 1.65. The molecule has 1 rings (SSSR count). The predicted octanol–water partition coefficient (Wildman–Crippen LogP) is 2.26. The Labute approximate surface area is 76.8 Å². The third-order valence-electron chi connectivity index (χ3n) is 1.60. The van der Waals surface area contributed by atoms with Gasteiger partial charge in [-0.3, -0.25) is 4.79 Å². The Morgan fingerprint density at radius 2 is 2.00 bits per heavy atom. The van der Waals surface area contributed by atoms with E-state index in [0.29, 0.717) is 5.02 Å². The van der Waals surface area contributed by atoms with Crippen LogP contribution in [0.2, 0.25) is 5.02 Å². The van der Waals surface area contributed by atoms with Gasteiger partial charge in [-0.2, -0.15) is 0 Å². The molecule has 0 unspecified atom stereocenters. The van der Waals surface area contributed by atoms with Crippen molar-refractivity contribution in [2.24, 2.45) is 0 Å². The molecule has 12 heavy (non-hydrogen) atoms. The molecule has 0 N–H and O–H groups in total. The summed E-state index contributed by atoms with van der Waals surface area (Å²) in [4.78, 5) is 11.4. The van der Waals surface area contributed by atoms with Crippen molar-refractivity contribution in [1.82, 2.24) is 4.57 Å². The van der Waals surface area contributed by atoms with Crippen molar-refractivity contribution in [1.29, 1.82) is 0 Å². The summed E-state index contributed by atoms with van der Waals surface area (Å²) in [5.41, 5.74) is -0.239. The average Bonchev–Trinajstić information content (AvgIpc) is 1.83. The first kappa shape index (κ1) is 9.33. The van der Waals surface area contributed by atoms with Crippen LogP contribution in [0.15, 0.2) is 23.1 Å². The van der Waals surface area contributed by atoms with E-state index >= 15 is 0 Å². The molecule has 0 bridgehead atoms. The van der Waals surface area contributed by atoms with Gasteiger partial charge in [0.05, 0.1) is 0 Å². The van der Waals surface area contributed by atoms with Crippen LogP contribution in [0.3, 0.4) is 0 Å². The van der Waals surface area contributed by atoms with Crippen molar-refractivity contribution in [3.63, 3.8) is 0 Å². The van der Waals surface area contributed by atoms with Crippen molar-refractivity contribution in [2.75, 3.05) is 0 Å². The summed E-state index contributed by atoms with van der Waals surface area (Å²) in [6.45, 7) is 5.92. The normalized spacial score (nSPS) is 11.7. The minimum Gasteiger partial charge on any atom is -0.310 e. The van der Waals surface area contributed by atoms with Crippen LogP contribution in [0.25, 0.3) is 0 Å². The maximum Gasteiger partial charge on any atom is 0.252 e. The van der Waals surface area contributed by atoms with E-state index in [2.05, 4.69) is 0 Å². The number of hydrogen-bond acceptors (Lipinski definition) is 1. The molecule has 3 heteroatoms. The standard InChI is InChI=1S/C9H12ClNO/c1-9(2,3)11-5-4-7(10)6-8(11)12/h4-6H,1-3H3. The van der Waals surface area contributed by atoms with Gasteiger partial charge < -0.3 is 4.57 Å². The molecule has 0 aliphatic heterocycles. The highest BCUT2D eigenvalue weighted by atomic mass is 35.5. The summed E-state index contributed by atoms with van der Waals surface area (Å²) in [5, 5.41) is 0.487. The van der Waals surface area contributed by atoms with Crippen LogP contribution < -0.4 is 5.56 Å². The zero-order valence-electron chi connectivity index (χ0n) is 7.47. The molecule has 1 aromatic heterocycles. The SMILES string of the molecule is CC(C)(C)n1ccc(Cl)cc1=O. The van der Waals surface area contributed by atoms with Crippen LogP contribution in [0, 0.1) is 0 Å². The fourth-order valence-corrected chi connectivity index (χ4v) is 1.16. The average molecular weight is 186 g/mol. The molecule has 1 heterocycles. The van der Waals surface area contributed by atoms with Crippen LogP contribution in [0.1, 0.15) is 20.8 Å². The van der Waals surface area contributed by atoms with E-state index in [1.165, 1.54) is 6.07 Å². The van der Waals surface area contributed by atoms with Crippen molar-refractivity contribution >= 4 is 11.6 Å². The van der Waals surface area contributed by atoms with Gasteiger partial charge in [0.15, 0.2) is 0 Å². The number of halogens is 1. The lowest BCUT2D eigenvalue weighted by atomic mass is 10.1. The molecule has 0 fully saturated rings. The Balaban J connectivity index is 3.29. The Morgan fingerprint density at radius 1 is 1.42 bits per heavy atom. The Hall–Kier alpha value is -0.760. The van der Waals surface area contributed by atoms with Crippen LogP contribution >= 0.6 is 11.6 Å². The van der Waals surface area contributed by atoms with Crippen LogP contribution in [-0.2, 0) is 5.54 Å². The van der Waals surface area contributed by atoms with E-state index in [0.717, 1.165) is 0 Å². The second-order valence-electron chi connectivity index (χ2n) is 3.72. The number of hydrogen-bond donors (Lipinski definition) is 0. The molecule has 0 saturated carbocycles. The van der Waals surface area contributed by atoms with E-state index in [-0.39, 0.29) is 11.1 Å². The van der Waals surface area contributed by atoms with E-state index in [1.807, 2.05) is 20.8 Å².